The lowest BCUT2D eigenvalue weighted by Crippen LogP contribution is -2.42. The molecule has 1 saturated heterocycles. The van der Waals surface area contributed by atoms with Gasteiger partial charge >= 0.3 is 11.8 Å². The van der Waals surface area contributed by atoms with Crippen molar-refractivity contribution in [2.45, 2.75) is 12.8 Å². The summed E-state index contributed by atoms with van der Waals surface area (Å²) in [4.78, 5) is 28.1. The monoisotopic (exact) mass is 287 g/mol. The highest BCUT2D eigenvalue weighted by Crippen LogP contribution is 2.23. The number of nitrogens with two attached hydrogens (primary N) is 1. The molecule has 2 heterocycles. The first-order valence-corrected chi connectivity index (χ1v) is 6.79. The first kappa shape index (κ1) is 14.8. The first-order valence-electron chi connectivity index (χ1n) is 6.79. The topological polar surface area (TPSA) is 112 Å². The molecular weight excluding hydrogens is 270 g/mol. The van der Waals surface area contributed by atoms with Gasteiger partial charge in [0, 0.05) is 25.8 Å². The van der Waals surface area contributed by atoms with Crippen LogP contribution in [-0.2, 0) is 9.59 Å². The molecule has 7 nitrogen and oxygen atoms in total. The molecule has 3 N–H and O–H groups in total. The van der Waals surface area contributed by atoms with Crippen LogP contribution in [0.15, 0.2) is 18.3 Å². The number of piperidine rings is 1. The zero-order chi connectivity index (χ0) is 15.2. The van der Waals surface area contributed by atoms with Crippen LogP contribution in [0.4, 0.5) is 5.82 Å². The highest BCUT2D eigenvalue weighted by atomic mass is 16.2. The molecule has 1 aromatic rings. The average Bonchev–Trinajstić information content (AvgIpc) is 2.53. The molecule has 0 spiro atoms. The minimum Gasteiger partial charge on any atom is -0.361 e. The summed E-state index contributed by atoms with van der Waals surface area (Å²) in [5.74, 6) is -0.688. The Bertz CT molecular complexity index is 573. The Morgan fingerprint density at radius 2 is 2.19 bits per heavy atom. The molecule has 1 aliphatic heterocycles. The van der Waals surface area contributed by atoms with Gasteiger partial charge in [0.15, 0.2) is 0 Å². The van der Waals surface area contributed by atoms with Crippen LogP contribution in [0, 0.1) is 17.2 Å². The SMILES string of the molecule is N#Cc1cccnc1N1CCC(CNC(=O)C(N)=O)CC1. The number of rotatable bonds is 3. The predicted molar refractivity (Wildman–Crippen MR) is 76.1 cm³/mol. The summed E-state index contributed by atoms with van der Waals surface area (Å²) in [7, 11) is 0. The Morgan fingerprint density at radius 1 is 1.48 bits per heavy atom. The summed E-state index contributed by atoms with van der Waals surface area (Å²) in [6, 6.07) is 5.64. The fraction of sp³-hybridized carbons (Fsp3) is 0.429. The van der Waals surface area contributed by atoms with E-state index in [1.54, 1.807) is 18.3 Å². The largest absolute Gasteiger partial charge is 0.361 e. The highest BCUT2D eigenvalue weighted by Gasteiger charge is 2.22. The van der Waals surface area contributed by atoms with E-state index in [-0.39, 0.29) is 0 Å². The van der Waals surface area contributed by atoms with Crippen LogP contribution in [0.1, 0.15) is 18.4 Å². The third-order valence-electron chi connectivity index (χ3n) is 3.60. The Balaban J connectivity index is 1.87. The van der Waals surface area contributed by atoms with Gasteiger partial charge in [0.1, 0.15) is 11.9 Å². The number of pyridine rings is 1. The number of anilines is 1. The molecule has 110 valence electrons. The van der Waals surface area contributed by atoms with Gasteiger partial charge in [0.05, 0.1) is 5.56 Å². The summed E-state index contributed by atoms with van der Waals surface area (Å²) in [6.45, 7) is 1.98. The number of primary amides is 1. The summed E-state index contributed by atoms with van der Waals surface area (Å²) >= 11 is 0. The van der Waals surface area contributed by atoms with Crippen molar-refractivity contribution in [3.8, 4) is 6.07 Å². The minimum atomic E-state index is -0.959. The molecule has 1 fully saturated rings. The number of carbonyl (C=O) groups excluding carboxylic acids is 2. The van der Waals surface area contributed by atoms with E-state index in [4.69, 9.17) is 11.0 Å². The van der Waals surface area contributed by atoms with E-state index in [0.717, 1.165) is 25.9 Å². The molecule has 0 saturated carbocycles. The summed E-state index contributed by atoms with van der Waals surface area (Å²) in [6.07, 6.45) is 3.40. The van der Waals surface area contributed by atoms with Gasteiger partial charge in [-0.2, -0.15) is 5.26 Å². The molecule has 7 heteroatoms. The van der Waals surface area contributed by atoms with E-state index in [9.17, 15) is 9.59 Å². The van der Waals surface area contributed by atoms with Crippen LogP contribution in [0.25, 0.3) is 0 Å². The van der Waals surface area contributed by atoms with Gasteiger partial charge in [-0.3, -0.25) is 9.59 Å². The number of nitrogens with zero attached hydrogens (tertiary/aromatic N) is 3. The van der Waals surface area contributed by atoms with Crippen LogP contribution in [0.2, 0.25) is 0 Å². The molecule has 0 atom stereocenters. The second-order valence-corrected chi connectivity index (χ2v) is 4.99. The Labute approximate surface area is 122 Å². The average molecular weight is 287 g/mol. The van der Waals surface area contributed by atoms with Gasteiger partial charge in [-0.15, -0.1) is 0 Å². The molecular formula is C14H17N5O2. The van der Waals surface area contributed by atoms with Crippen LogP contribution < -0.4 is 16.0 Å². The fourth-order valence-electron chi connectivity index (χ4n) is 2.41. The quantitative estimate of drug-likeness (QED) is 0.746. The number of aromatic nitrogens is 1. The third kappa shape index (κ3) is 3.69. The molecule has 2 rings (SSSR count). The molecule has 0 unspecified atom stereocenters. The molecule has 0 bridgehead atoms. The predicted octanol–water partition coefficient (Wildman–Crippen LogP) is -0.229. The molecule has 2 amide bonds. The van der Waals surface area contributed by atoms with Gasteiger partial charge in [0.25, 0.3) is 0 Å². The Morgan fingerprint density at radius 3 is 2.81 bits per heavy atom. The summed E-state index contributed by atoms with van der Waals surface area (Å²) < 4.78 is 0. The van der Waals surface area contributed by atoms with Crippen LogP contribution in [0.5, 0.6) is 0 Å². The van der Waals surface area contributed by atoms with Crippen LogP contribution >= 0.6 is 0 Å². The second-order valence-electron chi connectivity index (χ2n) is 4.99. The zero-order valence-electron chi connectivity index (χ0n) is 11.6. The maximum atomic E-state index is 11.1. The van der Waals surface area contributed by atoms with Crippen molar-refractivity contribution >= 4 is 17.6 Å². The van der Waals surface area contributed by atoms with E-state index >= 15 is 0 Å². The lowest BCUT2D eigenvalue weighted by Gasteiger charge is -2.33. The Kier molecular flexibility index (Phi) is 4.72. The molecule has 0 radical (unpaired) electrons. The molecule has 0 aromatic carbocycles. The number of hydrogen-bond donors (Lipinski definition) is 2. The van der Waals surface area contributed by atoms with E-state index < -0.39 is 11.8 Å². The number of carbonyl (C=O) groups is 2. The smallest absolute Gasteiger partial charge is 0.309 e. The van der Waals surface area contributed by atoms with Crippen molar-refractivity contribution in [3.05, 3.63) is 23.9 Å². The zero-order valence-corrected chi connectivity index (χ0v) is 11.6. The van der Waals surface area contributed by atoms with Crippen molar-refractivity contribution in [2.75, 3.05) is 24.5 Å². The minimum absolute atomic E-state index is 0.304. The van der Waals surface area contributed by atoms with Gasteiger partial charge in [0.2, 0.25) is 0 Å². The second kappa shape index (κ2) is 6.70. The summed E-state index contributed by atoms with van der Waals surface area (Å²) in [5, 5.41) is 11.6. The Hall–Kier alpha value is -2.62. The maximum absolute atomic E-state index is 11.1. The first-order chi connectivity index (χ1) is 10.1. The lowest BCUT2D eigenvalue weighted by atomic mass is 9.96. The number of amides is 2. The van der Waals surface area contributed by atoms with Gasteiger partial charge in [-0.05, 0) is 30.9 Å². The van der Waals surface area contributed by atoms with Gasteiger partial charge in [-0.25, -0.2) is 4.98 Å². The van der Waals surface area contributed by atoms with Crippen molar-refractivity contribution in [1.82, 2.24) is 10.3 Å². The number of hydrogen-bond acceptors (Lipinski definition) is 5. The molecule has 1 aromatic heterocycles. The number of nitriles is 1. The normalized spacial score (nSPS) is 15.3. The van der Waals surface area contributed by atoms with E-state index in [1.807, 2.05) is 0 Å². The fourth-order valence-corrected chi connectivity index (χ4v) is 2.41. The lowest BCUT2D eigenvalue weighted by molar-refractivity contribution is -0.137. The van der Waals surface area contributed by atoms with Gasteiger partial charge < -0.3 is 16.0 Å². The van der Waals surface area contributed by atoms with Crippen molar-refractivity contribution in [1.29, 1.82) is 5.26 Å². The molecule has 1 aliphatic rings. The van der Waals surface area contributed by atoms with E-state index in [0.29, 0.717) is 23.8 Å². The van der Waals surface area contributed by atoms with Crippen molar-refractivity contribution in [2.24, 2.45) is 11.7 Å². The van der Waals surface area contributed by atoms with E-state index in [2.05, 4.69) is 21.3 Å². The van der Waals surface area contributed by atoms with Crippen molar-refractivity contribution < 1.29 is 9.59 Å². The van der Waals surface area contributed by atoms with E-state index in [1.165, 1.54) is 0 Å². The maximum Gasteiger partial charge on any atom is 0.309 e. The highest BCUT2D eigenvalue weighted by molar-refractivity contribution is 6.34. The molecule has 21 heavy (non-hydrogen) atoms. The molecule has 0 aliphatic carbocycles. The van der Waals surface area contributed by atoms with Crippen LogP contribution in [-0.4, -0.2) is 36.4 Å². The van der Waals surface area contributed by atoms with Crippen molar-refractivity contribution in [3.63, 3.8) is 0 Å². The van der Waals surface area contributed by atoms with Crippen LogP contribution in [0.3, 0.4) is 0 Å². The van der Waals surface area contributed by atoms with Gasteiger partial charge in [-0.1, -0.05) is 0 Å². The third-order valence-corrected chi connectivity index (χ3v) is 3.60. The standard InChI is InChI=1S/C14H17N5O2/c15-8-11-2-1-5-17-13(11)19-6-3-10(4-7-19)9-18-14(21)12(16)20/h1-2,5,10H,3-4,6-7,9H2,(H2,16,20)(H,18,21). The number of nitrogens with one attached hydrogen (secondary N) is 1. The summed E-state index contributed by atoms with van der Waals surface area (Å²) in [5.41, 5.74) is 5.45.